The second-order valence-corrected chi connectivity index (χ2v) is 4.76. The molecule has 0 fully saturated rings. The van der Waals surface area contributed by atoms with E-state index >= 15 is 0 Å². The zero-order chi connectivity index (χ0) is 13.8. The van der Waals surface area contributed by atoms with Crippen LogP contribution in [0.1, 0.15) is 23.3 Å². The van der Waals surface area contributed by atoms with Crippen molar-refractivity contribution >= 4 is 21.9 Å². The molecule has 1 unspecified atom stereocenters. The third-order valence-electron chi connectivity index (χ3n) is 2.50. The molecule has 7 heteroatoms. The number of carbonyl (C=O) groups is 1. The van der Waals surface area contributed by atoms with Crippen LogP contribution in [0.3, 0.4) is 0 Å². The molecule has 0 saturated heterocycles. The molecule has 0 amide bonds. The average molecular weight is 326 g/mol. The second-order valence-electron chi connectivity index (χ2n) is 3.90. The highest BCUT2D eigenvalue weighted by Crippen LogP contribution is 2.23. The Hall–Kier alpha value is -1.73. The number of carboxylic acids is 1. The Morgan fingerprint density at radius 2 is 2.26 bits per heavy atom. The zero-order valence-corrected chi connectivity index (χ0v) is 11.7. The second kappa shape index (κ2) is 5.94. The third kappa shape index (κ3) is 3.39. The standard InChI is InChI=1S/C12H12BrN3O3/c1-7-15-10(16-19-7)6-14-11(12(17)18)8-4-2-3-5-9(8)13/h2-5,11,14H,6H2,1H3,(H,17,18). The number of benzene rings is 1. The molecule has 19 heavy (non-hydrogen) atoms. The van der Waals surface area contributed by atoms with Crippen molar-refractivity contribution in [3.05, 3.63) is 46.0 Å². The summed E-state index contributed by atoms with van der Waals surface area (Å²) in [7, 11) is 0. The molecule has 1 atom stereocenters. The van der Waals surface area contributed by atoms with E-state index in [0.717, 1.165) is 4.47 Å². The Morgan fingerprint density at radius 3 is 2.84 bits per heavy atom. The first kappa shape index (κ1) is 13.7. The summed E-state index contributed by atoms with van der Waals surface area (Å²) < 4.78 is 5.56. The van der Waals surface area contributed by atoms with Gasteiger partial charge in [-0.1, -0.05) is 39.3 Å². The first-order valence-corrected chi connectivity index (χ1v) is 6.37. The number of hydrogen-bond donors (Lipinski definition) is 2. The van der Waals surface area contributed by atoms with Crippen molar-refractivity contribution in [1.82, 2.24) is 15.5 Å². The Morgan fingerprint density at radius 1 is 1.53 bits per heavy atom. The maximum absolute atomic E-state index is 11.3. The summed E-state index contributed by atoms with van der Waals surface area (Å²) in [5.41, 5.74) is 0.648. The molecule has 100 valence electrons. The van der Waals surface area contributed by atoms with E-state index in [4.69, 9.17) is 4.52 Å². The van der Waals surface area contributed by atoms with Crippen LogP contribution in [0, 0.1) is 6.92 Å². The van der Waals surface area contributed by atoms with Crippen LogP contribution in [0.25, 0.3) is 0 Å². The van der Waals surface area contributed by atoms with Crippen LogP contribution in [-0.4, -0.2) is 21.2 Å². The molecule has 1 aromatic heterocycles. The molecule has 2 rings (SSSR count). The number of nitrogens with zero attached hydrogens (tertiary/aromatic N) is 2. The van der Waals surface area contributed by atoms with Crippen molar-refractivity contribution in [2.45, 2.75) is 19.5 Å². The highest BCUT2D eigenvalue weighted by molar-refractivity contribution is 9.10. The quantitative estimate of drug-likeness (QED) is 0.874. The fourth-order valence-electron chi connectivity index (χ4n) is 1.65. The van der Waals surface area contributed by atoms with Crippen molar-refractivity contribution in [3.8, 4) is 0 Å². The van der Waals surface area contributed by atoms with Gasteiger partial charge in [0.25, 0.3) is 0 Å². The Labute approximate surface area is 118 Å². The molecule has 0 aliphatic rings. The highest BCUT2D eigenvalue weighted by Gasteiger charge is 2.21. The number of nitrogens with one attached hydrogen (secondary N) is 1. The lowest BCUT2D eigenvalue weighted by molar-refractivity contribution is -0.139. The average Bonchev–Trinajstić information content (AvgIpc) is 2.77. The van der Waals surface area contributed by atoms with Crippen molar-refractivity contribution in [3.63, 3.8) is 0 Å². The predicted octanol–water partition coefficient (Wildman–Crippen LogP) is 2.06. The van der Waals surface area contributed by atoms with E-state index in [0.29, 0.717) is 17.3 Å². The van der Waals surface area contributed by atoms with Gasteiger partial charge >= 0.3 is 5.97 Å². The van der Waals surface area contributed by atoms with Crippen LogP contribution in [0.5, 0.6) is 0 Å². The molecule has 0 aliphatic heterocycles. The third-order valence-corrected chi connectivity index (χ3v) is 3.22. The van der Waals surface area contributed by atoms with Gasteiger partial charge in [0, 0.05) is 11.4 Å². The first-order valence-electron chi connectivity index (χ1n) is 5.57. The molecule has 0 saturated carbocycles. The van der Waals surface area contributed by atoms with Crippen LogP contribution in [0.2, 0.25) is 0 Å². The van der Waals surface area contributed by atoms with Crippen molar-refractivity contribution in [2.75, 3.05) is 0 Å². The van der Waals surface area contributed by atoms with Crippen molar-refractivity contribution < 1.29 is 14.4 Å². The Bertz CT molecular complexity index is 585. The van der Waals surface area contributed by atoms with E-state index in [2.05, 4.69) is 31.4 Å². The fraction of sp³-hybridized carbons (Fsp3) is 0.250. The molecule has 0 bridgehead atoms. The number of carboxylic acid groups (broad SMARTS) is 1. The monoisotopic (exact) mass is 325 g/mol. The summed E-state index contributed by atoms with van der Waals surface area (Å²) in [4.78, 5) is 15.3. The number of rotatable bonds is 5. The molecule has 0 aliphatic carbocycles. The highest BCUT2D eigenvalue weighted by atomic mass is 79.9. The summed E-state index contributed by atoms with van der Waals surface area (Å²) in [6.07, 6.45) is 0. The van der Waals surface area contributed by atoms with Crippen LogP contribution < -0.4 is 5.32 Å². The van der Waals surface area contributed by atoms with E-state index < -0.39 is 12.0 Å². The summed E-state index contributed by atoms with van der Waals surface area (Å²) >= 11 is 3.34. The van der Waals surface area contributed by atoms with Crippen LogP contribution >= 0.6 is 15.9 Å². The van der Waals surface area contributed by atoms with Gasteiger partial charge in [-0.15, -0.1) is 0 Å². The van der Waals surface area contributed by atoms with Gasteiger partial charge in [-0.2, -0.15) is 4.98 Å². The van der Waals surface area contributed by atoms with E-state index in [1.165, 1.54) is 0 Å². The minimum absolute atomic E-state index is 0.218. The maximum Gasteiger partial charge on any atom is 0.325 e. The lowest BCUT2D eigenvalue weighted by Gasteiger charge is -2.15. The Kier molecular flexibility index (Phi) is 4.28. The van der Waals surface area contributed by atoms with Gasteiger partial charge in [-0.3, -0.25) is 10.1 Å². The van der Waals surface area contributed by atoms with Gasteiger partial charge in [-0.25, -0.2) is 0 Å². The van der Waals surface area contributed by atoms with E-state index in [1.807, 2.05) is 6.07 Å². The van der Waals surface area contributed by atoms with Gasteiger partial charge in [0.1, 0.15) is 6.04 Å². The minimum Gasteiger partial charge on any atom is -0.480 e. The number of hydrogen-bond acceptors (Lipinski definition) is 5. The zero-order valence-electron chi connectivity index (χ0n) is 10.1. The molecule has 1 heterocycles. The van der Waals surface area contributed by atoms with Gasteiger partial charge < -0.3 is 9.63 Å². The number of aromatic nitrogens is 2. The van der Waals surface area contributed by atoms with E-state index in [9.17, 15) is 9.90 Å². The molecule has 6 nitrogen and oxygen atoms in total. The normalized spacial score (nSPS) is 12.3. The van der Waals surface area contributed by atoms with Gasteiger partial charge in [-0.05, 0) is 11.6 Å². The van der Waals surface area contributed by atoms with Crippen molar-refractivity contribution in [2.24, 2.45) is 0 Å². The van der Waals surface area contributed by atoms with Crippen LogP contribution in [0.4, 0.5) is 0 Å². The lowest BCUT2D eigenvalue weighted by atomic mass is 10.1. The molecule has 0 spiro atoms. The van der Waals surface area contributed by atoms with Gasteiger partial charge in [0.2, 0.25) is 5.89 Å². The smallest absolute Gasteiger partial charge is 0.325 e. The maximum atomic E-state index is 11.3. The number of aliphatic carboxylic acids is 1. The summed E-state index contributed by atoms with van der Waals surface area (Å²) in [5, 5.41) is 15.9. The predicted molar refractivity (Wildman–Crippen MR) is 70.4 cm³/mol. The SMILES string of the molecule is Cc1nc(CNC(C(=O)O)c2ccccc2Br)no1. The Balaban J connectivity index is 2.13. The first-order chi connectivity index (χ1) is 9.08. The lowest BCUT2D eigenvalue weighted by Crippen LogP contribution is -2.28. The minimum atomic E-state index is -0.966. The van der Waals surface area contributed by atoms with E-state index in [1.54, 1.807) is 25.1 Å². The number of halogens is 1. The number of aryl methyl sites for hydroxylation is 1. The van der Waals surface area contributed by atoms with Crippen molar-refractivity contribution in [1.29, 1.82) is 0 Å². The van der Waals surface area contributed by atoms with Gasteiger partial charge in [0.15, 0.2) is 5.82 Å². The summed E-state index contributed by atoms with van der Waals surface area (Å²) in [6.45, 7) is 1.90. The fourth-order valence-corrected chi connectivity index (χ4v) is 2.16. The molecule has 0 radical (unpaired) electrons. The van der Waals surface area contributed by atoms with Gasteiger partial charge in [0.05, 0.1) is 6.54 Å². The topological polar surface area (TPSA) is 88.2 Å². The molecule has 2 aromatic rings. The summed E-state index contributed by atoms with van der Waals surface area (Å²) in [5.74, 6) is -0.0903. The molecule has 2 N–H and O–H groups in total. The molecular weight excluding hydrogens is 314 g/mol. The van der Waals surface area contributed by atoms with E-state index in [-0.39, 0.29) is 6.54 Å². The van der Waals surface area contributed by atoms with Crippen LogP contribution in [-0.2, 0) is 11.3 Å². The molecular formula is C12H12BrN3O3. The molecule has 1 aromatic carbocycles. The summed E-state index contributed by atoms with van der Waals surface area (Å²) in [6, 6.07) is 6.32. The van der Waals surface area contributed by atoms with Crippen LogP contribution in [0.15, 0.2) is 33.3 Å². The largest absolute Gasteiger partial charge is 0.480 e.